The molecule has 2 heterocycles. The highest BCUT2D eigenvalue weighted by atomic mass is 16.5. The maximum atomic E-state index is 12.6. The highest BCUT2D eigenvalue weighted by Crippen LogP contribution is 2.34. The summed E-state index contributed by atoms with van der Waals surface area (Å²) >= 11 is 0. The van der Waals surface area contributed by atoms with Crippen LogP contribution < -0.4 is 0 Å². The monoisotopic (exact) mass is 270 g/mol. The Balaban J connectivity index is 1.90. The summed E-state index contributed by atoms with van der Waals surface area (Å²) in [6.45, 7) is 4.67. The van der Waals surface area contributed by atoms with E-state index in [2.05, 4.69) is 24.2 Å². The summed E-state index contributed by atoms with van der Waals surface area (Å²) in [5, 5.41) is 3.84. The number of amides is 1. The molecule has 1 aromatic carbocycles. The molecule has 0 bridgehead atoms. The minimum absolute atomic E-state index is 0.0346. The normalized spacial score (nSPS) is 18.5. The molecule has 0 radical (unpaired) electrons. The number of carbonyl (C=O) groups excluding carboxylic acids is 1. The summed E-state index contributed by atoms with van der Waals surface area (Å²) in [6.07, 6.45) is 2.04. The van der Waals surface area contributed by atoms with Crippen molar-refractivity contribution >= 4 is 5.91 Å². The summed E-state index contributed by atoms with van der Waals surface area (Å²) in [6, 6.07) is 10.1. The van der Waals surface area contributed by atoms with Crippen LogP contribution in [0.3, 0.4) is 0 Å². The van der Waals surface area contributed by atoms with E-state index in [9.17, 15) is 4.79 Å². The Kier molecular flexibility index (Phi) is 3.30. The second kappa shape index (κ2) is 5.12. The van der Waals surface area contributed by atoms with Gasteiger partial charge >= 0.3 is 0 Å². The standard InChI is InChI=1S/C16H18N2O2/c1-11-6-3-4-7-13(11)15-8-5-9-18(15)16(19)14-10-12(2)20-17-14/h3-4,6-7,10,15H,5,8-9H2,1-2H3/t15-/m1/s1. The molecule has 0 unspecified atom stereocenters. The fraction of sp³-hybridized carbons (Fsp3) is 0.375. The third kappa shape index (κ3) is 2.22. The minimum atomic E-state index is -0.0346. The smallest absolute Gasteiger partial charge is 0.276 e. The van der Waals surface area contributed by atoms with Gasteiger partial charge in [-0.1, -0.05) is 29.4 Å². The predicted molar refractivity (Wildman–Crippen MR) is 75.4 cm³/mol. The molecular formula is C16H18N2O2. The number of hydrogen-bond donors (Lipinski definition) is 0. The van der Waals surface area contributed by atoms with E-state index < -0.39 is 0 Å². The maximum Gasteiger partial charge on any atom is 0.276 e. The van der Waals surface area contributed by atoms with Gasteiger partial charge in [0, 0.05) is 12.6 Å². The Labute approximate surface area is 118 Å². The summed E-state index contributed by atoms with van der Waals surface area (Å²) < 4.78 is 5.01. The lowest BCUT2D eigenvalue weighted by Crippen LogP contribution is -2.31. The molecule has 0 spiro atoms. The van der Waals surface area contributed by atoms with Gasteiger partial charge in [0.1, 0.15) is 5.76 Å². The van der Waals surface area contributed by atoms with Gasteiger partial charge in [-0.25, -0.2) is 0 Å². The largest absolute Gasteiger partial charge is 0.361 e. The van der Waals surface area contributed by atoms with Gasteiger partial charge in [0.15, 0.2) is 5.69 Å². The van der Waals surface area contributed by atoms with Gasteiger partial charge < -0.3 is 9.42 Å². The molecule has 2 aromatic rings. The van der Waals surface area contributed by atoms with Crippen LogP contribution in [0.25, 0.3) is 0 Å². The van der Waals surface area contributed by atoms with Crippen LogP contribution in [0.1, 0.15) is 46.3 Å². The van der Waals surface area contributed by atoms with Gasteiger partial charge in [-0.15, -0.1) is 0 Å². The van der Waals surface area contributed by atoms with Crippen molar-refractivity contribution in [3.63, 3.8) is 0 Å². The molecule has 1 saturated heterocycles. The molecule has 1 aromatic heterocycles. The molecule has 3 rings (SSSR count). The molecule has 4 nitrogen and oxygen atoms in total. The first-order chi connectivity index (χ1) is 9.66. The molecule has 1 aliphatic rings. The highest BCUT2D eigenvalue weighted by molar-refractivity contribution is 5.92. The van der Waals surface area contributed by atoms with E-state index in [1.165, 1.54) is 11.1 Å². The van der Waals surface area contributed by atoms with Gasteiger partial charge in [0.25, 0.3) is 5.91 Å². The molecule has 20 heavy (non-hydrogen) atoms. The second-order valence-corrected chi connectivity index (χ2v) is 5.34. The van der Waals surface area contributed by atoms with Crippen molar-refractivity contribution < 1.29 is 9.32 Å². The Hall–Kier alpha value is -2.10. The lowest BCUT2D eigenvalue weighted by molar-refractivity contribution is 0.0725. The number of nitrogens with zero attached hydrogens (tertiary/aromatic N) is 2. The van der Waals surface area contributed by atoms with Crippen LogP contribution in [0.15, 0.2) is 34.9 Å². The van der Waals surface area contributed by atoms with Gasteiger partial charge in [0.05, 0.1) is 6.04 Å². The topological polar surface area (TPSA) is 46.3 Å². The first-order valence-electron chi connectivity index (χ1n) is 6.96. The van der Waals surface area contributed by atoms with Crippen molar-refractivity contribution in [3.05, 3.63) is 52.9 Å². The molecule has 1 atom stereocenters. The molecular weight excluding hydrogens is 252 g/mol. The average molecular weight is 270 g/mol. The molecule has 0 saturated carbocycles. The van der Waals surface area contributed by atoms with Crippen LogP contribution in [0.4, 0.5) is 0 Å². The van der Waals surface area contributed by atoms with Crippen molar-refractivity contribution in [2.45, 2.75) is 32.7 Å². The number of rotatable bonds is 2. The van der Waals surface area contributed by atoms with Crippen molar-refractivity contribution in [1.82, 2.24) is 10.1 Å². The quantitative estimate of drug-likeness (QED) is 0.841. The molecule has 104 valence electrons. The van der Waals surface area contributed by atoms with Crippen molar-refractivity contribution in [2.75, 3.05) is 6.54 Å². The molecule has 0 N–H and O–H groups in total. The fourth-order valence-electron chi connectivity index (χ4n) is 2.91. The Morgan fingerprint density at radius 2 is 2.15 bits per heavy atom. The van der Waals surface area contributed by atoms with Crippen LogP contribution in [0.2, 0.25) is 0 Å². The molecule has 1 fully saturated rings. The van der Waals surface area contributed by atoms with E-state index in [1.807, 2.05) is 17.0 Å². The summed E-state index contributed by atoms with van der Waals surface area (Å²) in [4.78, 5) is 14.5. The Morgan fingerprint density at radius 3 is 2.85 bits per heavy atom. The van der Waals surface area contributed by atoms with E-state index in [0.717, 1.165) is 19.4 Å². The number of carbonyl (C=O) groups is 1. The Bertz CT molecular complexity index is 633. The Morgan fingerprint density at radius 1 is 1.35 bits per heavy atom. The zero-order valence-electron chi connectivity index (χ0n) is 11.8. The first kappa shape index (κ1) is 12.9. The SMILES string of the molecule is Cc1cc(C(=O)N2CCC[C@@H]2c2ccccc2C)no1. The van der Waals surface area contributed by atoms with Gasteiger partial charge in [-0.3, -0.25) is 4.79 Å². The third-order valence-corrected chi connectivity index (χ3v) is 3.91. The number of aryl methyl sites for hydroxylation is 2. The van der Waals surface area contributed by atoms with Crippen LogP contribution in [-0.4, -0.2) is 22.5 Å². The van der Waals surface area contributed by atoms with E-state index in [-0.39, 0.29) is 11.9 Å². The van der Waals surface area contributed by atoms with Crippen LogP contribution in [0, 0.1) is 13.8 Å². The average Bonchev–Trinajstić information content (AvgIpc) is 3.07. The fourth-order valence-corrected chi connectivity index (χ4v) is 2.91. The zero-order chi connectivity index (χ0) is 14.1. The predicted octanol–water partition coefficient (Wildman–Crippen LogP) is 3.27. The van der Waals surface area contributed by atoms with Gasteiger partial charge in [-0.05, 0) is 37.8 Å². The highest BCUT2D eigenvalue weighted by Gasteiger charge is 2.32. The van der Waals surface area contributed by atoms with E-state index in [1.54, 1.807) is 13.0 Å². The third-order valence-electron chi connectivity index (χ3n) is 3.91. The number of benzene rings is 1. The van der Waals surface area contributed by atoms with E-state index in [0.29, 0.717) is 11.5 Å². The van der Waals surface area contributed by atoms with Gasteiger partial charge in [0.2, 0.25) is 0 Å². The molecule has 1 aliphatic heterocycles. The molecule has 1 amide bonds. The van der Waals surface area contributed by atoms with E-state index >= 15 is 0 Å². The van der Waals surface area contributed by atoms with Crippen molar-refractivity contribution in [3.8, 4) is 0 Å². The van der Waals surface area contributed by atoms with Crippen molar-refractivity contribution in [1.29, 1.82) is 0 Å². The maximum absolute atomic E-state index is 12.6. The number of aromatic nitrogens is 1. The number of hydrogen-bond acceptors (Lipinski definition) is 3. The van der Waals surface area contributed by atoms with Crippen molar-refractivity contribution in [2.24, 2.45) is 0 Å². The van der Waals surface area contributed by atoms with E-state index in [4.69, 9.17) is 4.52 Å². The van der Waals surface area contributed by atoms with Gasteiger partial charge in [-0.2, -0.15) is 0 Å². The molecule has 4 heteroatoms. The summed E-state index contributed by atoms with van der Waals surface area (Å²) in [7, 11) is 0. The number of likely N-dealkylation sites (tertiary alicyclic amines) is 1. The molecule has 0 aliphatic carbocycles. The lowest BCUT2D eigenvalue weighted by atomic mass is 9.99. The first-order valence-corrected chi connectivity index (χ1v) is 6.96. The zero-order valence-corrected chi connectivity index (χ0v) is 11.8. The summed E-state index contributed by atoms with van der Waals surface area (Å²) in [5.74, 6) is 0.632. The minimum Gasteiger partial charge on any atom is -0.361 e. The second-order valence-electron chi connectivity index (χ2n) is 5.34. The van der Waals surface area contributed by atoms with Crippen LogP contribution in [0.5, 0.6) is 0 Å². The summed E-state index contributed by atoms with van der Waals surface area (Å²) in [5.41, 5.74) is 2.87. The van der Waals surface area contributed by atoms with Crippen LogP contribution in [-0.2, 0) is 0 Å². The lowest BCUT2D eigenvalue weighted by Gasteiger charge is -2.25. The van der Waals surface area contributed by atoms with Crippen LogP contribution >= 0.6 is 0 Å².